The summed E-state index contributed by atoms with van der Waals surface area (Å²) in [5.74, 6) is -0.462. The number of hydrogen-bond acceptors (Lipinski definition) is 4. The van der Waals surface area contributed by atoms with Crippen LogP contribution >= 0.6 is 0 Å². The fraction of sp³-hybridized carbons (Fsp3) is 0.111. The van der Waals surface area contributed by atoms with Gasteiger partial charge in [-0.25, -0.2) is 9.79 Å². The van der Waals surface area contributed by atoms with E-state index >= 15 is 0 Å². The zero-order valence-electron chi connectivity index (χ0n) is 7.60. The second-order valence-electron chi connectivity index (χ2n) is 2.40. The van der Waals surface area contributed by atoms with Gasteiger partial charge < -0.3 is 4.74 Å². The molecule has 2 N–H and O–H groups in total. The number of hydroxylamine groups is 1. The van der Waals surface area contributed by atoms with E-state index in [9.17, 15) is 4.79 Å². The van der Waals surface area contributed by atoms with Gasteiger partial charge in [0.1, 0.15) is 6.34 Å². The topological polar surface area (TPSA) is 70.9 Å². The van der Waals surface area contributed by atoms with E-state index < -0.39 is 5.97 Å². The minimum absolute atomic E-state index is 0.349. The second kappa shape index (κ2) is 4.98. The van der Waals surface area contributed by atoms with Crippen LogP contribution in [0.4, 0.5) is 5.69 Å². The molecule has 0 saturated carbocycles. The van der Waals surface area contributed by atoms with E-state index in [1.165, 1.54) is 7.11 Å². The number of carbonyl (C=O) groups excluding carboxylic acids is 1. The Hall–Kier alpha value is -1.88. The van der Waals surface area contributed by atoms with Crippen molar-refractivity contribution in [3.63, 3.8) is 0 Å². The van der Waals surface area contributed by atoms with Gasteiger partial charge in [0.05, 0.1) is 18.4 Å². The Morgan fingerprint density at radius 2 is 2.29 bits per heavy atom. The van der Waals surface area contributed by atoms with Crippen molar-refractivity contribution in [2.45, 2.75) is 0 Å². The summed E-state index contributed by atoms with van der Waals surface area (Å²) in [7, 11) is 1.30. The molecule has 0 amide bonds. The molecule has 14 heavy (non-hydrogen) atoms. The highest BCUT2D eigenvalue weighted by Gasteiger charge is 2.09. The molecule has 1 rings (SSSR count). The van der Waals surface area contributed by atoms with Crippen molar-refractivity contribution >= 4 is 18.0 Å². The number of para-hydroxylation sites is 1. The second-order valence-corrected chi connectivity index (χ2v) is 2.40. The van der Waals surface area contributed by atoms with Crippen LogP contribution in [0, 0.1) is 0 Å². The zero-order valence-corrected chi connectivity index (χ0v) is 7.60. The van der Waals surface area contributed by atoms with Gasteiger partial charge in [0, 0.05) is 0 Å². The highest BCUT2D eigenvalue weighted by molar-refractivity contribution is 5.95. The van der Waals surface area contributed by atoms with Crippen LogP contribution in [0.1, 0.15) is 10.4 Å². The van der Waals surface area contributed by atoms with Crippen LogP contribution in [0.5, 0.6) is 0 Å². The molecule has 0 aliphatic rings. The standard InChI is InChI=1S/C9H10N2O3/c1-14-9(12)7-4-2-3-5-8(7)10-6-11-13/h2-6,13H,1H3,(H,10,11). The Kier molecular flexibility index (Phi) is 3.63. The van der Waals surface area contributed by atoms with Gasteiger partial charge in [0.25, 0.3) is 0 Å². The van der Waals surface area contributed by atoms with Crippen LogP contribution < -0.4 is 5.48 Å². The van der Waals surface area contributed by atoms with Crippen molar-refractivity contribution in [2.24, 2.45) is 4.99 Å². The average Bonchev–Trinajstić information content (AvgIpc) is 2.25. The van der Waals surface area contributed by atoms with Gasteiger partial charge in [-0.2, -0.15) is 0 Å². The Morgan fingerprint density at radius 1 is 1.57 bits per heavy atom. The lowest BCUT2D eigenvalue weighted by molar-refractivity contribution is 0.0601. The molecule has 5 heteroatoms. The number of nitrogens with one attached hydrogen (secondary N) is 1. The number of esters is 1. The maximum Gasteiger partial charge on any atom is 0.340 e. The molecule has 0 aliphatic carbocycles. The Morgan fingerprint density at radius 3 is 2.93 bits per heavy atom. The summed E-state index contributed by atoms with van der Waals surface area (Å²) in [6.45, 7) is 0. The van der Waals surface area contributed by atoms with Crippen LogP contribution in [0.25, 0.3) is 0 Å². The lowest BCUT2D eigenvalue weighted by Crippen LogP contribution is -2.04. The first kappa shape index (κ1) is 10.2. The van der Waals surface area contributed by atoms with Gasteiger partial charge in [-0.1, -0.05) is 12.1 Å². The van der Waals surface area contributed by atoms with Crippen molar-refractivity contribution in [2.75, 3.05) is 7.11 Å². The van der Waals surface area contributed by atoms with Crippen LogP contribution in [-0.4, -0.2) is 24.6 Å². The molecule has 0 unspecified atom stereocenters. The molecule has 5 nitrogen and oxygen atoms in total. The van der Waals surface area contributed by atoms with Crippen molar-refractivity contribution < 1.29 is 14.7 Å². The van der Waals surface area contributed by atoms with E-state index in [0.29, 0.717) is 11.3 Å². The van der Waals surface area contributed by atoms with Gasteiger partial charge in [0.2, 0.25) is 0 Å². The third-order valence-electron chi connectivity index (χ3n) is 1.57. The summed E-state index contributed by atoms with van der Waals surface area (Å²) in [6.07, 6.45) is 1.07. The largest absolute Gasteiger partial charge is 0.465 e. The van der Waals surface area contributed by atoms with Crippen molar-refractivity contribution in [1.82, 2.24) is 5.48 Å². The van der Waals surface area contributed by atoms with E-state index in [1.54, 1.807) is 29.7 Å². The molecule has 0 atom stereocenters. The maximum absolute atomic E-state index is 11.2. The molecule has 0 spiro atoms. The minimum atomic E-state index is -0.462. The van der Waals surface area contributed by atoms with E-state index in [-0.39, 0.29) is 0 Å². The van der Waals surface area contributed by atoms with Gasteiger partial charge in [0.15, 0.2) is 0 Å². The summed E-state index contributed by atoms with van der Waals surface area (Å²) in [5, 5.41) is 8.30. The number of ether oxygens (including phenoxy) is 1. The summed E-state index contributed by atoms with van der Waals surface area (Å²) in [6, 6.07) is 6.67. The molecular weight excluding hydrogens is 184 g/mol. The lowest BCUT2D eigenvalue weighted by Gasteiger charge is -2.01. The summed E-state index contributed by atoms with van der Waals surface area (Å²) in [5.41, 5.74) is 2.54. The molecule has 0 heterocycles. The number of methoxy groups -OCH3 is 1. The number of aliphatic imine (C=N–C) groups is 1. The van der Waals surface area contributed by atoms with Gasteiger partial charge in [-0.15, -0.1) is 0 Å². The summed E-state index contributed by atoms with van der Waals surface area (Å²) in [4.78, 5) is 15.0. The number of rotatable bonds is 3. The van der Waals surface area contributed by atoms with E-state index in [4.69, 9.17) is 5.21 Å². The van der Waals surface area contributed by atoms with E-state index in [2.05, 4.69) is 9.73 Å². The third-order valence-corrected chi connectivity index (χ3v) is 1.57. The fourth-order valence-electron chi connectivity index (χ4n) is 0.967. The quantitative estimate of drug-likeness (QED) is 0.327. The highest BCUT2D eigenvalue weighted by Crippen LogP contribution is 2.18. The van der Waals surface area contributed by atoms with Crippen LogP contribution in [0.15, 0.2) is 29.3 Å². The fourth-order valence-corrected chi connectivity index (χ4v) is 0.967. The molecule has 0 aliphatic heterocycles. The molecule has 0 aromatic heterocycles. The molecule has 1 aromatic carbocycles. The number of hydrogen-bond donors (Lipinski definition) is 2. The highest BCUT2D eigenvalue weighted by atomic mass is 16.5. The number of nitrogens with zero attached hydrogens (tertiary/aromatic N) is 1. The van der Waals surface area contributed by atoms with Crippen molar-refractivity contribution in [3.8, 4) is 0 Å². The van der Waals surface area contributed by atoms with Crippen LogP contribution in [0.3, 0.4) is 0 Å². The summed E-state index contributed by atoms with van der Waals surface area (Å²) >= 11 is 0. The monoisotopic (exact) mass is 194 g/mol. The first-order chi connectivity index (χ1) is 6.79. The molecule has 74 valence electrons. The first-order valence-corrected chi connectivity index (χ1v) is 3.89. The predicted octanol–water partition coefficient (Wildman–Crippen LogP) is 1.11. The number of benzene rings is 1. The molecule has 0 saturated heterocycles. The van der Waals surface area contributed by atoms with Crippen molar-refractivity contribution in [1.29, 1.82) is 0 Å². The Labute approximate surface area is 81.0 Å². The van der Waals surface area contributed by atoms with Gasteiger partial charge in [-0.05, 0) is 12.1 Å². The Bertz CT molecular complexity index is 350. The molecule has 0 fully saturated rings. The zero-order chi connectivity index (χ0) is 10.4. The summed E-state index contributed by atoms with van der Waals surface area (Å²) < 4.78 is 4.56. The Balaban J connectivity index is 3.03. The minimum Gasteiger partial charge on any atom is -0.465 e. The maximum atomic E-state index is 11.2. The molecular formula is C9H10N2O3. The molecule has 1 aromatic rings. The van der Waals surface area contributed by atoms with Gasteiger partial charge >= 0.3 is 5.97 Å². The SMILES string of the molecule is COC(=O)c1ccccc1N=CNO. The predicted molar refractivity (Wildman–Crippen MR) is 50.9 cm³/mol. The van der Waals surface area contributed by atoms with Crippen LogP contribution in [-0.2, 0) is 4.74 Å². The van der Waals surface area contributed by atoms with E-state index in [1.807, 2.05) is 0 Å². The van der Waals surface area contributed by atoms with E-state index in [0.717, 1.165) is 6.34 Å². The van der Waals surface area contributed by atoms with Crippen LogP contribution in [0.2, 0.25) is 0 Å². The molecule has 0 radical (unpaired) electrons. The molecule has 0 bridgehead atoms. The van der Waals surface area contributed by atoms with Crippen molar-refractivity contribution in [3.05, 3.63) is 29.8 Å². The number of carbonyl (C=O) groups is 1. The normalized spacial score (nSPS) is 10.1. The lowest BCUT2D eigenvalue weighted by atomic mass is 10.2. The first-order valence-electron chi connectivity index (χ1n) is 3.89. The smallest absolute Gasteiger partial charge is 0.340 e. The average molecular weight is 194 g/mol. The van der Waals surface area contributed by atoms with Gasteiger partial charge in [-0.3, -0.25) is 10.7 Å². The third kappa shape index (κ3) is 2.30.